The SMILES string of the molecule is CCc1ccc(NC(=O)CSCCC(=O)N2CCNCC2)cc1. The van der Waals surface area contributed by atoms with E-state index < -0.39 is 0 Å². The normalized spacial score (nSPS) is 14.6. The molecule has 1 aliphatic rings. The van der Waals surface area contributed by atoms with Gasteiger partial charge in [0, 0.05) is 44.0 Å². The third-order valence-corrected chi connectivity index (χ3v) is 4.77. The van der Waals surface area contributed by atoms with Gasteiger partial charge in [-0.25, -0.2) is 0 Å². The van der Waals surface area contributed by atoms with Crippen LogP contribution in [0, 0.1) is 0 Å². The van der Waals surface area contributed by atoms with Crippen molar-refractivity contribution in [2.24, 2.45) is 0 Å². The van der Waals surface area contributed by atoms with Crippen LogP contribution in [0.25, 0.3) is 0 Å². The van der Waals surface area contributed by atoms with Gasteiger partial charge >= 0.3 is 0 Å². The summed E-state index contributed by atoms with van der Waals surface area (Å²) in [5.74, 6) is 1.23. The predicted molar refractivity (Wildman–Crippen MR) is 95.8 cm³/mol. The van der Waals surface area contributed by atoms with Gasteiger partial charge in [-0.1, -0.05) is 19.1 Å². The first kappa shape index (κ1) is 17.8. The van der Waals surface area contributed by atoms with Crippen molar-refractivity contribution in [3.63, 3.8) is 0 Å². The molecule has 0 bridgehead atoms. The molecule has 1 heterocycles. The standard InChI is InChI=1S/C17H25N3O2S/c1-2-14-3-5-15(6-4-14)19-16(21)13-23-12-7-17(22)20-10-8-18-9-11-20/h3-6,18H,2,7-13H2,1H3,(H,19,21). The largest absolute Gasteiger partial charge is 0.340 e. The summed E-state index contributed by atoms with van der Waals surface area (Å²) in [6.07, 6.45) is 1.49. The van der Waals surface area contributed by atoms with E-state index in [-0.39, 0.29) is 11.8 Å². The second kappa shape index (κ2) is 9.57. The summed E-state index contributed by atoms with van der Waals surface area (Å²) in [6, 6.07) is 7.90. The Kier molecular flexibility index (Phi) is 7.42. The Morgan fingerprint density at radius 2 is 1.91 bits per heavy atom. The highest BCUT2D eigenvalue weighted by Gasteiger charge is 2.15. The quantitative estimate of drug-likeness (QED) is 0.745. The molecule has 126 valence electrons. The Morgan fingerprint density at radius 3 is 2.57 bits per heavy atom. The first-order chi connectivity index (χ1) is 11.2. The number of amides is 2. The van der Waals surface area contributed by atoms with Crippen LogP contribution in [0.1, 0.15) is 18.9 Å². The zero-order valence-electron chi connectivity index (χ0n) is 13.6. The first-order valence-corrected chi connectivity index (χ1v) is 9.29. The molecule has 1 aromatic carbocycles. The lowest BCUT2D eigenvalue weighted by molar-refractivity contribution is -0.131. The number of carbonyl (C=O) groups excluding carboxylic acids is 2. The van der Waals surface area contributed by atoms with Crippen LogP contribution >= 0.6 is 11.8 Å². The molecule has 0 saturated carbocycles. The third-order valence-electron chi connectivity index (χ3n) is 3.81. The van der Waals surface area contributed by atoms with E-state index in [4.69, 9.17) is 0 Å². The van der Waals surface area contributed by atoms with Gasteiger partial charge in [0.1, 0.15) is 0 Å². The van der Waals surface area contributed by atoms with Gasteiger partial charge in [-0.2, -0.15) is 11.8 Å². The summed E-state index contributed by atoms with van der Waals surface area (Å²) >= 11 is 1.51. The molecule has 1 aromatic rings. The lowest BCUT2D eigenvalue weighted by Crippen LogP contribution is -2.46. The van der Waals surface area contributed by atoms with E-state index in [9.17, 15) is 9.59 Å². The molecule has 0 spiro atoms. The maximum Gasteiger partial charge on any atom is 0.234 e. The second-order valence-corrected chi connectivity index (χ2v) is 6.64. The summed E-state index contributed by atoms with van der Waals surface area (Å²) < 4.78 is 0. The molecule has 1 aliphatic heterocycles. The van der Waals surface area contributed by atoms with Gasteiger partial charge in [-0.05, 0) is 24.1 Å². The minimum absolute atomic E-state index is 0.0196. The van der Waals surface area contributed by atoms with E-state index >= 15 is 0 Å². The summed E-state index contributed by atoms with van der Waals surface area (Å²) in [6.45, 7) is 5.43. The second-order valence-electron chi connectivity index (χ2n) is 5.53. The van der Waals surface area contributed by atoms with Gasteiger partial charge in [0.05, 0.1) is 5.75 Å². The zero-order chi connectivity index (χ0) is 16.5. The Morgan fingerprint density at radius 1 is 1.22 bits per heavy atom. The van der Waals surface area contributed by atoms with Crippen LogP contribution in [0.2, 0.25) is 0 Å². The van der Waals surface area contributed by atoms with Crippen LogP contribution in [0.15, 0.2) is 24.3 Å². The molecule has 0 aromatic heterocycles. The van der Waals surface area contributed by atoms with Crippen molar-refractivity contribution in [2.45, 2.75) is 19.8 Å². The number of aryl methyl sites for hydroxylation is 1. The Hall–Kier alpha value is -1.53. The molecule has 2 N–H and O–H groups in total. The molecule has 0 aliphatic carbocycles. The number of hydrogen-bond acceptors (Lipinski definition) is 4. The summed E-state index contributed by atoms with van der Waals surface area (Å²) in [5.41, 5.74) is 2.08. The monoisotopic (exact) mass is 335 g/mol. The number of rotatable bonds is 7. The van der Waals surface area contributed by atoms with Crippen LogP contribution < -0.4 is 10.6 Å². The molecule has 1 fully saturated rings. The summed E-state index contributed by atoms with van der Waals surface area (Å²) in [4.78, 5) is 25.8. The van der Waals surface area contributed by atoms with Crippen molar-refractivity contribution in [1.29, 1.82) is 0 Å². The van der Waals surface area contributed by atoms with Crippen LogP contribution in [0.5, 0.6) is 0 Å². The molecule has 23 heavy (non-hydrogen) atoms. The number of nitrogens with one attached hydrogen (secondary N) is 2. The Bertz CT molecular complexity index is 513. The van der Waals surface area contributed by atoms with Gasteiger partial charge in [-0.15, -0.1) is 0 Å². The number of piperazine rings is 1. The third kappa shape index (κ3) is 6.23. The molecule has 2 amide bonds. The van der Waals surface area contributed by atoms with E-state index in [0.29, 0.717) is 17.9 Å². The molecule has 6 heteroatoms. The maximum atomic E-state index is 12.0. The average Bonchev–Trinajstić information content (AvgIpc) is 2.60. The number of hydrogen-bond donors (Lipinski definition) is 2. The summed E-state index contributed by atoms with van der Waals surface area (Å²) in [5, 5.41) is 6.11. The van der Waals surface area contributed by atoms with Crippen LogP contribution in [0.4, 0.5) is 5.69 Å². The fourth-order valence-corrected chi connectivity index (χ4v) is 3.14. The van der Waals surface area contributed by atoms with Gasteiger partial charge in [-0.3, -0.25) is 9.59 Å². The Balaban J connectivity index is 1.61. The lowest BCUT2D eigenvalue weighted by Gasteiger charge is -2.27. The number of thioether (sulfide) groups is 1. The van der Waals surface area contributed by atoms with E-state index in [1.54, 1.807) is 0 Å². The molecule has 0 radical (unpaired) electrons. The molecule has 5 nitrogen and oxygen atoms in total. The van der Waals surface area contributed by atoms with Crippen molar-refractivity contribution in [2.75, 3.05) is 43.0 Å². The van der Waals surface area contributed by atoms with Crippen molar-refractivity contribution in [3.05, 3.63) is 29.8 Å². The van der Waals surface area contributed by atoms with Gasteiger partial charge in [0.15, 0.2) is 0 Å². The maximum absolute atomic E-state index is 12.0. The van der Waals surface area contributed by atoms with Crippen LogP contribution in [-0.2, 0) is 16.0 Å². The van der Waals surface area contributed by atoms with E-state index in [0.717, 1.165) is 38.3 Å². The van der Waals surface area contributed by atoms with Crippen molar-refractivity contribution in [1.82, 2.24) is 10.2 Å². The minimum Gasteiger partial charge on any atom is -0.340 e. The molecule has 0 unspecified atom stereocenters. The first-order valence-electron chi connectivity index (χ1n) is 8.14. The summed E-state index contributed by atoms with van der Waals surface area (Å²) in [7, 11) is 0. The van der Waals surface area contributed by atoms with Gasteiger partial charge < -0.3 is 15.5 Å². The van der Waals surface area contributed by atoms with Crippen molar-refractivity contribution < 1.29 is 9.59 Å². The minimum atomic E-state index is -0.0196. The van der Waals surface area contributed by atoms with E-state index in [2.05, 4.69) is 17.6 Å². The fraction of sp³-hybridized carbons (Fsp3) is 0.529. The van der Waals surface area contributed by atoms with Crippen molar-refractivity contribution >= 4 is 29.3 Å². The van der Waals surface area contributed by atoms with Gasteiger partial charge in [0.25, 0.3) is 0 Å². The molecular formula is C17H25N3O2S. The lowest BCUT2D eigenvalue weighted by atomic mass is 10.1. The molecule has 0 atom stereocenters. The number of anilines is 1. The Labute approximate surface area is 142 Å². The van der Waals surface area contributed by atoms with E-state index in [1.165, 1.54) is 17.3 Å². The van der Waals surface area contributed by atoms with Gasteiger partial charge in [0.2, 0.25) is 11.8 Å². The topological polar surface area (TPSA) is 61.4 Å². The predicted octanol–water partition coefficient (Wildman–Crippen LogP) is 1.74. The number of carbonyl (C=O) groups is 2. The van der Waals surface area contributed by atoms with Crippen LogP contribution in [-0.4, -0.2) is 54.4 Å². The molecule has 1 saturated heterocycles. The highest BCUT2D eigenvalue weighted by molar-refractivity contribution is 7.99. The highest BCUT2D eigenvalue weighted by atomic mass is 32.2. The smallest absolute Gasteiger partial charge is 0.234 e. The van der Waals surface area contributed by atoms with Crippen molar-refractivity contribution in [3.8, 4) is 0 Å². The number of nitrogens with zero attached hydrogens (tertiary/aromatic N) is 1. The number of benzene rings is 1. The van der Waals surface area contributed by atoms with Crippen LogP contribution in [0.3, 0.4) is 0 Å². The molecular weight excluding hydrogens is 310 g/mol. The highest BCUT2D eigenvalue weighted by Crippen LogP contribution is 2.11. The zero-order valence-corrected chi connectivity index (χ0v) is 14.5. The fourth-order valence-electron chi connectivity index (χ4n) is 2.42. The average molecular weight is 335 g/mol. The van der Waals surface area contributed by atoms with E-state index in [1.807, 2.05) is 29.2 Å². The molecule has 2 rings (SSSR count).